The number of anilines is 1. The molecule has 0 aromatic heterocycles. The molecule has 324 valence electrons. The van der Waals surface area contributed by atoms with Crippen molar-refractivity contribution in [3.63, 3.8) is 0 Å². The Balaban J connectivity index is 1.71. The Labute approximate surface area is 346 Å². The van der Waals surface area contributed by atoms with Gasteiger partial charge in [-0.1, -0.05) is 51.0 Å². The fourth-order valence-electron chi connectivity index (χ4n) is 7.82. The summed E-state index contributed by atoms with van der Waals surface area (Å²) in [6, 6.07) is 13.8. The van der Waals surface area contributed by atoms with E-state index in [0.29, 0.717) is 56.9 Å². The molecule has 1 unspecified atom stereocenters. The third-order valence-electron chi connectivity index (χ3n) is 11.0. The highest BCUT2D eigenvalue weighted by molar-refractivity contribution is 7.86. The number of nitrogens with zero attached hydrogens (tertiary/aromatic N) is 2. The van der Waals surface area contributed by atoms with Crippen molar-refractivity contribution >= 4 is 50.2 Å². The summed E-state index contributed by atoms with van der Waals surface area (Å²) in [6.07, 6.45) is 12.4. The zero-order valence-electron chi connectivity index (χ0n) is 34.9. The van der Waals surface area contributed by atoms with Gasteiger partial charge in [-0.2, -0.15) is 21.4 Å². The Bertz CT molecular complexity index is 2060. The molecular formula is C42H65N3O10PS2+. The van der Waals surface area contributed by atoms with Gasteiger partial charge < -0.3 is 24.4 Å². The standard InChI is InChI=1S/C42H64N3O10PS2/c1-41(2)35-19-8-9-20-37(35)44(26-11-16-31-57(48,49)50)39(41)21-18-22-40-42(3,4)36-33-34(23-24-38(36)45(40)27-12-17-32-58(51,52)53)56(47,55-30-15-10-25-43-5)54-29-14-7-6-13-28-46/h8-9,18-24,33,43,46H,6-7,10-17,25-32H2,1-5H3,(H-,48,49,50,51,52,53)/p+1. The number of benzene rings is 2. The second-order valence-corrected chi connectivity index (χ2v) is 21.3. The maximum Gasteiger partial charge on any atom is 0.361 e. The normalized spacial score (nSPS) is 18.0. The van der Waals surface area contributed by atoms with Crippen molar-refractivity contribution in [1.29, 1.82) is 0 Å². The lowest BCUT2D eigenvalue weighted by atomic mass is 9.81. The van der Waals surface area contributed by atoms with E-state index in [9.17, 15) is 30.5 Å². The van der Waals surface area contributed by atoms with Gasteiger partial charge in [-0.05, 0) is 102 Å². The van der Waals surface area contributed by atoms with E-state index in [1.165, 1.54) is 0 Å². The van der Waals surface area contributed by atoms with E-state index >= 15 is 0 Å². The van der Waals surface area contributed by atoms with Crippen LogP contribution < -0.4 is 15.5 Å². The molecule has 2 heterocycles. The number of hydrogen-bond acceptors (Lipinski definition) is 10. The van der Waals surface area contributed by atoms with Crippen LogP contribution in [-0.4, -0.2) is 99.3 Å². The van der Waals surface area contributed by atoms with Gasteiger partial charge in [0.05, 0.1) is 35.4 Å². The number of aliphatic hydroxyl groups is 1. The first-order chi connectivity index (χ1) is 27.4. The second-order valence-electron chi connectivity index (χ2n) is 16.2. The van der Waals surface area contributed by atoms with Gasteiger partial charge >= 0.3 is 7.60 Å². The third kappa shape index (κ3) is 12.9. The van der Waals surface area contributed by atoms with Crippen molar-refractivity contribution in [3.05, 3.63) is 77.5 Å². The molecule has 58 heavy (non-hydrogen) atoms. The van der Waals surface area contributed by atoms with Crippen molar-refractivity contribution in [3.8, 4) is 0 Å². The van der Waals surface area contributed by atoms with E-state index in [-0.39, 0.29) is 43.2 Å². The van der Waals surface area contributed by atoms with Gasteiger partial charge in [0.1, 0.15) is 6.54 Å². The Kier molecular flexibility index (Phi) is 17.5. The summed E-state index contributed by atoms with van der Waals surface area (Å²) in [5, 5.41) is 12.7. The van der Waals surface area contributed by atoms with Crippen LogP contribution >= 0.6 is 7.60 Å². The van der Waals surface area contributed by atoms with E-state index in [1.54, 1.807) is 6.07 Å². The first-order valence-electron chi connectivity index (χ1n) is 20.5. The van der Waals surface area contributed by atoms with Crippen LogP contribution in [0.1, 0.15) is 103 Å². The summed E-state index contributed by atoms with van der Waals surface area (Å²) >= 11 is 0. The molecule has 2 aliphatic rings. The fraction of sp³-hybridized carbons (Fsp3) is 0.595. The Morgan fingerprint density at radius 2 is 1.43 bits per heavy atom. The molecule has 2 aliphatic heterocycles. The molecule has 13 nitrogen and oxygen atoms in total. The van der Waals surface area contributed by atoms with Crippen molar-refractivity contribution in [1.82, 2.24) is 5.32 Å². The number of rotatable bonds is 26. The van der Waals surface area contributed by atoms with E-state index < -0.39 is 33.2 Å². The molecule has 0 amide bonds. The van der Waals surface area contributed by atoms with Gasteiger partial charge in [-0.3, -0.25) is 13.7 Å². The number of hydrogen-bond donors (Lipinski definition) is 4. The first-order valence-corrected chi connectivity index (χ1v) is 25.2. The number of para-hydroxylation sites is 1. The van der Waals surface area contributed by atoms with Gasteiger partial charge in [0, 0.05) is 54.1 Å². The summed E-state index contributed by atoms with van der Waals surface area (Å²) in [5.74, 6) is -0.633. The van der Waals surface area contributed by atoms with Crippen LogP contribution in [0.25, 0.3) is 0 Å². The van der Waals surface area contributed by atoms with Gasteiger partial charge in [0.25, 0.3) is 20.2 Å². The molecule has 0 saturated carbocycles. The molecule has 2 aromatic carbocycles. The number of nitrogens with one attached hydrogen (secondary N) is 1. The van der Waals surface area contributed by atoms with E-state index in [1.807, 2.05) is 37.4 Å². The minimum atomic E-state index is -4.11. The highest BCUT2D eigenvalue weighted by Gasteiger charge is 2.45. The minimum Gasteiger partial charge on any atom is -0.396 e. The summed E-state index contributed by atoms with van der Waals surface area (Å²) in [4.78, 5) is 2.16. The largest absolute Gasteiger partial charge is 0.396 e. The Morgan fingerprint density at radius 1 is 0.793 bits per heavy atom. The van der Waals surface area contributed by atoms with E-state index in [2.05, 4.69) is 66.8 Å². The molecule has 0 saturated heterocycles. The summed E-state index contributed by atoms with van der Waals surface area (Å²) in [6.45, 7) is 11.0. The molecule has 16 heteroatoms. The number of allylic oxidation sites excluding steroid dienone is 4. The van der Waals surface area contributed by atoms with E-state index in [4.69, 9.17) is 14.2 Å². The van der Waals surface area contributed by atoms with Gasteiger partial charge in [0.15, 0.2) is 5.71 Å². The van der Waals surface area contributed by atoms with Crippen LogP contribution in [0.5, 0.6) is 0 Å². The summed E-state index contributed by atoms with van der Waals surface area (Å²) in [5.41, 5.74) is 5.06. The molecule has 0 aliphatic carbocycles. The Hall–Kier alpha value is -2.72. The molecule has 4 N–H and O–H groups in total. The zero-order valence-corrected chi connectivity index (χ0v) is 37.4. The highest BCUT2D eigenvalue weighted by Crippen LogP contribution is 2.52. The first kappa shape index (κ1) is 48.0. The van der Waals surface area contributed by atoms with Crippen LogP contribution in [-0.2, 0) is 44.7 Å². The average Bonchev–Trinajstić information content (AvgIpc) is 3.50. The van der Waals surface area contributed by atoms with Gasteiger partial charge in [-0.25, -0.2) is 0 Å². The molecule has 2 aromatic rings. The molecule has 4 rings (SSSR count). The van der Waals surface area contributed by atoms with Crippen molar-refractivity contribution in [2.45, 2.75) is 103 Å². The maximum absolute atomic E-state index is 14.6. The van der Waals surface area contributed by atoms with Crippen LogP contribution in [0.4, 0.5) is 11.4 Å². The number of unbranched alkanes of at least 4 members (excludes halogenated alkanes) is 6. The van der Waals surface area contributed by atoms with Crippen LogP contribution in [0.15, 0.2) is 66.4 Å². The second kappa shape index (κ2) is 21.2. The quantitative estimate of drug-likeness (QED) is 0.0328. The lowest BCUT2D eigenvalue weighted by Gasteiger charge is -2.27. The molecule has 0 spiro atoms. The summed E-state index contributed by atoms with van der Waals surface area (Å²) < 4.78 is 93.7. The lowest BCUT2D eigenvalue weighted by Crippen LogP contribution is -2.28. The van der Waals surface area contributed by atoms with Gasteiger partial charge in [0.2, 0.25) is 5.69 Å². The molecule has 1 atom stereocenters. The fourth-order valence-corrected chi connectivity index (χ4v) is 10.6. The molecular weight excluding hydrogens is 802 g/mol. The average molecular weight is 867 g/mol. The molecule has 0 fully saturated rings. The van der Waals surface area contributed by atoms with Crippen molar-refractivity contribution in [2.75, 3.05) is 62.9 Å². The minimum absolute atomic E-state index is 0.135. The van der Waals surface area contributed by atoms with Crippen LogP contribution in [0, 0.1) is 0 Å². The zero-order chi connectivity index (χ0) is 42.6. The van der Waals surface area contributed by atoms with Crippen molar-refractivity contribution < 1.29 is 49.2 Å². The molecule has 0 bridgehead atoms. The smallest absolute Gasteiger partial charge is 0.361 e. The van der Waals surface area contributed by atoms with Gasteiger partial charge in [-0.15, -0.1) is 0 Å². The topological polar surface area (TPSA) is 183 Å². The third-order valence-corrected chi connectivity index (χ3v) is 14.5. The van der Waals surface area contributed by atoms with Crippen molar-refractivity contribution in [2.24, 2.45) is 0 Å². The van der Waals surface area contributed by atoms with E-state index in [0.717, 1.165) is 59.7 Å². The van der Waals surface area contributed by atoms with Crippen LogP contribution in [0.3, 0.4) is 0 Å². The monoisotopic (exact) mass is 866 g/mol. The maximum atomic E-state index is 14.6. The number of aliphatic hydroxyl groups excluding tert-OH is 1. The number of fused-ring (bicyclic) bond motifs is 2. The SMILES string of the molecule is CNCCCCOP(=O)(OCCCCCCO)c1ccc2c(c1)C(C)(C)C(=CC=CC1=[N+](CCCCS(=O)(=O)O)c3ccccc3C1(C)C)N2CCCCS(=O)(=O)O. The molecule has 0 radical (unpaired) electrons. The Morgan fingerprint density at radius 3 is 2.09 bits per heavy atom. The predicted molar refractivity (Wildman–Crippen MR) is 232 cm³/mol. The highest BCUT2D eigenvalue weighted by atomic mass is 32.2. The lowest BCUT2D eigenvalue weighted by molar-refractivity contribution is -0.438. The summed E-state index contributed by atoms with van der Waals surface area (Å²) in [7, 11) is -10.0. The van der Waals surface area contributed by atoms with Crippen LogP contribution in [0.2, 0.25) is 0 Å². The predicted octanol–water partition coefficient (Wildman–Crippen LogP) is 7.04.